The van der Waals surface area contributed by atoms with Gasteiger partial charge in [-0.15, -0.1) is 24.0 Å². The summed E-state index contributed by atoms with van der Waals surface area (Å²) in [6, 6.07) is 8.40. The highest BCUT2D eigenvalue weighted by molar-refractivity contribution is 14.0. The highest BCUT2D eigenvalue weighted by Gasteiger charge is 2.31. The van der Waals surface area contributed by atoms with Crippen LogP contribution in [0.3, 0.4) is 0 Å². The summed E-state index contributed by atoms with van der Waals surface area (Å²) in [5.41, 5.74) is 1.14. The molecule has 180 valence electrons. The molecule has 1 aliphatic carbocycles. The van der Waals surface area contributed by atoms with Crippen LogP contribution in [0.5, 0.6) is 5.75 Å². The summed E-state index contributed by atoms with van der Waals surface area (Å²) in [6.45, 7) is 3.84. The van der Waals surface area contributed by atoms with E-state index in [4.69, 9.17) is 4.74 Å². The van der Waals surface area contributed by atoms with Crippen LogP contribution in [0.15, 0.2) is 29.3 Å². The van der Waals surface area contributed by atoms with Crippen molar-refractivity contribution in [2.75, 3.05) is 47.4 Å². The number of nitrogens with zero attached hydrogens (tertiary/aromatic N) is 3. The molecule has 1 amide bonds. The van der Waals surface area contributed by atoms with E-state index < -0.39 is 0 Å². The van der Waals surface area contributed by atoms with Gasteiger partial charge in [-0.1, -0.05) is 31.4 Å². The molecular formula is C24H40IN5O2. The Bertz CT molecular complexity index is 737. The van der Waals surface area contributed by atoms with Crippen molar-refractivity contribution in [3.8, 4) is 5.75 Å². The lowest BCUT2D eigenvalue weighted by atomic mass is 9.88. The Morgan fingerprint density at radius 2 is 2.00 bits per heavy atom. The van der Waals surface area contributed by atoms with Crippen molar-refractivity contribution < 1.29 is 9.53 Å². The highest BCUT2D eigenvalue weighted by Crippen LogP contribution is 2.26. The summed E-state index contributed by atoms with van der Waals surface area (Å²) >= 11 is 0. The molecular weight excluding hydrogens is 517 g/mol. The quantitative estimate of drug-likeness (QED) is 0.292. The average Bonchev–Trinajstić information content (AvgIpc) is 3.25. The molecule has 0 aromatic heterocycles. The summed E-state index contributed by atoms with van der Waals surface area (Å²) < 4.78 is 5.83. The zero-order valence-corrected chi connectivity index (χ0v) is 22.1. The number of hydrogen-bond donors (Lipinski definition) is 2. The number of carbonyl (C=O) groups excluding carboxylic acids is 1. The molecule has 1 aromatic rings. The first-order chi connectivity index (χ1) is 15.0. The summed E-state index contributed by atoms with van der Waals surface area (Å²) in [7, 11) is 5.87. The second kappa shape index (κ2) is 13.9. The normalized spacial score (nSPS) is 19.6. The van der Waals surface area contributed by atoms with Crippen LogP contribution in [0, 0.1) is 5.92 Å². The summed E-state index contributed by atoms with van der Waals surface area (Å²) in [4.78, 5) is 21.3. The van der Waals surface area contributed by atoms with Gasteiger partial charge in [0.1, 0.15) is 12.4 Å². The van der Waals surface area contributed by atoms with Crippen molar-refractivity contribution in [3.05, 3.63) is 29.8 Å². The Morgan fingerprint density at radius 3 is 2.72 bits per heavy atom. The van der Waals surface area contributed by atoms with Gasteiger partial charge in [0.05, 0.1) is 0 Å². The molecule has 1 unspecified atom stereocenters. The van der Waals surface area contributed by atoms with E-state index in [2.05, 4.69) is 37.6 Å². The van der Waals surface area contributed by atoms with E-state index in [1.807, 2.05) is 26.2 Å². The van der Waals surface area contributed by atoms with Gasteiger partial charge in [-0.2, -0.15) is 0 Å². The lowest BCUT2D eigenvalue weighted by Crippen LogP contribution is -2.45. The fourth-order valence-corrected chi connectivity index (χ4v) is 4.35. The second-order valence-corrected chi connectivity index (χ2v) is 8.97. The molecule has 2 fully saturated rings. The van der Waals surface area contributed by atoms with E-state index in [1.54, 1.807) is 7.05 Å². The average molecular weight is 558 g/mol. The van der Waals surface area contributed by atoms with Gasteiger partial charge in [0, 0.05) is 45.2 Å². The minimum Gasteiger partial charge on any atom is -0.492 e. The maximum absolute atomic E-state index is 12.8. The number of aliphatic imine (C=N–C) groups is 1. The molecule has 2 aliphatic rings. The van der Waals surface area contributed by atoms with Crippen LogP contribution in [-0.4, -0.2) is 75.1 Å². The smallest absolute Gasteiger partial charge is 0.225 e. The lowest BCUT2D eigenvalue weighted by molar-refractivity contribution is -0.135. The van der Waals surface area contributed by atoms with Crippen LogP contribution in [0.4, 0.5) is 0 Å². The number of hydrogen-bond acceptors (Lipinski definition) is 4. The van der Waals surface area contributed by atoms with Crippen LogP contribution in [0.25, 0.3) is 0 Å². The van der Waals surface area contributed by atoms with E-state index in [9.17, 15) is 4.79 Å². The van der Waals surface area contributed by atoms with Crippen molar-refractivity contribution in [1.82, 2.24) is 20.4 Å². The SMILES string of the molecule is CN=C(NCc1cccc(OCCN(C)C)c1)NC1CCN(C(=O)C2CCCCC2)C1.I. The standard InChI is InChI=1S/C24H39N5O2.HI/c1-25-24(26-17-19-8-7-11-22(16-19)31-15-14-28(2)3)27-21-12-13-29(18-21)23(30)20-9-5-4-6-10-20;/h7-8,11,16,20-21H,4-6,9-10,12-15,17-18H2,1-3H3,(H2,25,26,27);1H. The lowest BCUT2D eigenvalue weighted by Gasteiger charge is -2.26. The minimum absolute atomic E-state index is 0. The number of guanidine groups is 1. The number of halogens is 1. The molecule has 0 spiro atoms. The molecule has 8 heteroatoms. The third kappa shape index (κ3) is 8.42. The van der Waals surface area contributed by atoms with Crippen molar-refractivity contribution in [3.63, 3.8) is 0 Å². The maximum Gasteiger partial charge on any atom is 0.225 e. The first-order valence-electron chi connectivity index (χ1n) is 11.7. The van der Waals surface area contributed by atoms with E-state index in [0.717, 1.165) is 56.2 Å². The molecule has 3 rings (SSSR count). The van der Waals surface area contributed by atoms with Crippen LogP contribution < -0.4 is 15.4 Å². The van der Waals surface area contributed by atoms with Crippen LogP contribution in [0.1, 0.15) is 44.1 Å². The number of rotatable bonds is 8. The number of amides is 1. The Morgan fingerprint density at radius 1 is 1.22 bits per heavy atom. The van der Waals surface area contributed by atoms with Crippen molar-refractivity contribution in [1.29, 1.82) is 0 Å². The number of benzene rings is 1. The zero-order chi connectivity index (χ0) is 22.1. The second-order valence-electron chi connectivity index (χ2n) is 8.97. The van der Waals surface area contributed by atoms with E-state index >= 15 is 0 Å². The van der Waals surface area contributed by atoms with E-state index in [-0.39, 0.29) is 35.9 Å². The van der Waals surface area contributed by atoms with Gasteiger partial charge in [-0.05, 0) is 51.1 Å². The molecule has 1 saturated heterocycles. The van der Waals surface area contributed by atoms with Crippen molar-refractivity contribution >= 4 is 35.8 Å². The molecule has 2 N–H and O–H groups in total. The first-order valence-corrected chi connectivity index (χ1v) is 11.7. The predicted molar refractivity (Wildman–Crippen MR) is 141 cm³/mol. The molecule has 32 heavy (non-hydrogen) atoms. The maximum atomic E-state index is 12.8. The minimum atomic E-state index is 0. The molecule has 0 radical (unpaired) electrons. The summed E-state index contributed by atoms with van der Waals surface area (Å²) in [5, 5.41) is 6.89. The van der Waals surface area contributed by atoms with Crippen molar-refractivity contribution in [2.45, 2.75) is 51.1 Å². The summed E-state index contributed by atoms with van der Waals surface area (Å²) in [5.74, 6) is 2.27. The third-order valence-corrected chi connectivity index (χ3v) is 6.18. The highest BCUT2D eigenvalue weighted by atomic mass is 127. The van der Waals surface area contributed by atoms with Crippen LogP contribution in [0.2, 0.25) is 0 Å². The molecule has 1 aromatic carbocycles. The molecule has 1 aliphatic heterocycles. The Labute approximate surface area is 210 Å². The Hall–Kier alpha value is -1.55. The predicted octanol–water partition coefficient (Wildman–Crippen LogP) is 3.09. The first kappa shape index (κ1) is 26.7. The van der Waals surface area contributed by atoms with Gasteiger partial charge in [-0.3, -0.25) is 9.79 Å². The Balaban J connectivity index is 0.00000363. The van der Waals surface area contributed by atoms with E-state index in [1.165, 1.54) is 19.3 Å². The molecule has 0 bridgehead atoms. The van der Waals surface area contributed by atoms with Crippen LogP contribution in [-0.2, 0) is 11.3 Å². The van der Waals surface area contributed by atoms with Gasteiger partial charge >= 0.3 is 0 Å². The third-order valence-electron chi connectivity index (χ3n) is 6.18. The van der Waals surface area contributed by atoms with E-state index in [0.29, 0.717) is 19.1 Å². The number of likely N-dealkylation sites (tertiary alicyclic amines) is 1. The van der Waals surface area contributed by atoms with Crippen molar-refractivity contribution in [2.24, 2.45) is 10.9 Å². The monoisotopic (exact) mass is 557 g/mol. The Kier molecular flexibility index (Phi) is 11.6. The largest absolute Gasteiger partial charge is 0.492 e. The fourth-order valence-electron chi connectivity index (χ4n) is 4.35. The molecule has 1 saturated carbocycles. The fraction of sp³-hybridized carbons (Fsp3) is 0.667. The summed E-state index contributed by atoms with van der Waals surface area (Å²) in [6.07, 6.45) is 6.77. The number of carbonyl (C=O) groups is 1. The molecule has 7 nitrogen and oxygen atoms in total. The topological polar surface area (TPSA) is 69.2 Å². The number of ether oxygens (including phenoxy) is 1. The van der Waals surface area contributed by atoms with Gasteiger partial charge in [0.15, 0.2) is 5.96 Å². The number of nitrogens with one attached hydrogen (secondary N) is 2. The number of likely N-dealkylation sites (N-methyl/N-ethyl adjacent to an activating group) is 1. The van der Waals surface area contributed by atoms with Gasteiger partial charge < -0.3 is 25.2 Å². The van der Waals surface area contributed by atoms with Gasteiger partial charge in [0.25, 0.3) is 0 Å². The van der Waals surface area contributed by atoms with Crippen LogP contribution >= 0.6 is 24.0 Å². The van der Waals surface area contributed by atoms with Gasteiger partial charge in [-0.25, -0.2) is 0 Å². The molecule has 1 atom stereocenters. The molecule has 1 heterocycles. The van der Waals surface area contributed by atoms with Gasteiger partial charge in [0.2, 0.25) is 5.91 Å². The zero-order valence-electron chi connectivity index (χ0n) is 19.8.